The van der Waals surface area contributed by atoms with E-state index in [2.05, 4.69) is 32.2 Å². The van der Waals surface area contributed by atoms with Crippen LogP contribution < -0.4 is 0 Å². The largest absolute Gasteiger partial charge is 0.250 e. The van der Waals surface area contributed by atoms with Crippen LogP contribution in [0.25, 0.3) is 11.5 Å². The highest BCUT2D eigenvalue weighted by atomic mass is 19.1. The minimum Gasteiger partial charge on any atom is -0.250 e. The molecule has 0 saturated carbocycles. The maximum Gasteiger partial charge on any atom is 0.223 e. The second kappa shape index (κ2) is 5.16. The summed E-state index contributed by atoms with van der Waals surface area (Å²) in [6.45, 7) is 2.36. The van der Waals surface area contributed by atoms with E-state index in [-0.39, 0.29) is 0 Å². The van der Waals surface area contributed by atoms with Gasteiger partial charge < -0.3 is 0 Å². The lowest BCUT2D eigenvalue weighted by atomic mass is 10.3. The van der Waals surface area contributed by atoms with Gasteiger partial charge in [-0.25, -0.2) is 9.37 Å². The molecule has 5 nitrogen and oxygen atoms in total. The maximum atomic E-state index is 12.7. The highest BCUT2D eigenvalue weighted by Gasteiger charge is 2.06. The number of hydrogen-bond donors (Lipinski definition) is 0. The fraction of sp³-hybridized carbons (Fsp3) is 0.273. The molecule has 0 radical (unpaired) electrons. The summed E-state index contributed by atoms with van der Waals surface area (Å²) < 4.78 is 12.7. The van der Waals surface area contributed by atoms with E-state index >= 15 is 0 Å². The molecule has 0 aliphatic rings. The zero-order valence-electron chi connectivity index (χ0n) is 9.26. The molecule has 0 unspecified atom stereocenters. The molecule has 0 fully saturated rings. The van der Waals surface area contributed by atoms with E-state index in [1.54, 1.807) is 0 Å². The zero-order chi connectivity index (χ0) is 12.1. The number of hydrogen-bond acceptors (Lipinski definition) is 4. The van der Waals surface area contributed by atoms with Crippen molar-refractivity contribution in [3.05, 3.63) is 24.1 Å². The number of tetrazole rings is 1. The van der Waals surface area contributed by atoms with Crippen molar-refractivity contribution >= 4 is 0 Å². The van der Waals surface area contributed by atoms with Crippen molar-refractivity contribution in [2.45, 2.75) is 19.9 Å². The summed E-state index contributed by atoms with van der Waals surface area (Å²) in [5.41, 5.74) is 0.487. The molecule has 0 aromatic carbocycles. The third-order valence-corrected chi connectivity index (χ3v) is 1.93. The van der Waals surface area contributed by atoms with Crippen molar-refractivity contribution in [1.29, 1.82) is 0 Å². The van der Waals surface area contributed by atoms with Crippen LogP contribution in [0.3, 0.4) is 0 Å². The van der Waals surface area contributed by atoms with Crippen LogP contribution in [0.15, 0.2) is 18.3 Å². The Bertz CT molecular complexity index is 549. The second-order valence-electron chi connectivity index (χ2n) is 3.21. The first-order chi connectivity index (χ1) is 8.29. The van der Waals surface area contributed by atoms with Crippen LogP contribution in [0.2, 0.25) is 0 Å². The lowest BCUT2D eigenvalue weighted by Crippen LogP contribution is -2.00. The fourth-order valence-corrected chi connectivity index (χ4v) is 1.17. The second-order valence-corrected chi connectivity index (χ2v) is 3.21. The first-order valence-corrected chi connectivity index (χ1v) is 5.15. The van der Waals surface area contributed by atoms with E-state index in [0.29, 0.717) is 18.1 Å². The van der Waals surface area contributed by atoms with Crippen LogP contribution in [0.1, 0.15) is 13.3 Å². The predicted octanol–water partition coefficient (Wildman–Crippen LogP) is 1.29. The minimum absolute atomic E-state index is 0.364. The van der Waals surface area contributed by atoms with Crippen molar-refractivity contribution in [2.24, 2.45) is 0 Å². The van der Waals surface area contributed by atoms with Crippen molar-refractivity contribution in [2.75, 3.05) is 0 Å². The lowest BCUT2D eigenvalue weighted by molar-refractivity contribution is 0.591. The summed E-state index contributed by atoms with van der Waals surface area (Å²) in [6, 6.07) is 2.81. The molecular formula is C11H10FN5. The molecule has 0 aliphatic heterocycles. The summed E-state index contributed by atoms with van der Waals surface area (Å²) in [4.78, 5) is 5.25. The van der Waals surface area contributed by atoms with Crippen LogP contribution in [0, 0.1) is 17.7 Å². The van der Waals surface area contributed by atoms with E-state index in [4.69, 9.17) is 0 Å². The quantitative estimate of drug-likeness (QED) is 0.731. The Balaban J connectivity index is 2.15. The highest BCUT2D eigenvalue weighted by molar-refractivity contribution is 5.46. The van der Waals surface area contributed by atoms with Gasteiger partial charge in [-0.2, -0.15) is 4.80 Å². The van der Waals surface area contributed by atoms with Gasteiger partial charge in [-0.3, -0.25) is 0 Å². The standard InChI is InChI=1S/C11H10FN5/c1-2-3-4-7-17-15-11(14-16-17)10-6-5-9(12)8-13-10/h5-6,8H,2,7H2,1H3. The molecule has 2 heterocycles. The van der Waals surface area contributed by atoms with Crippen molar-refractivity contribution in [3.63, 3.8) is 0 Å². The number of pyridine rings is 1. The minimum atomic E-state index is -0.394. The van der Waals surface area contributed by atoms with Gasteiger partial charge in [0.05, 0.1) is 6.20 Å². The van der Waals surface area contributed by atoms with Crippen LogP contribution in [0.4, 0.5) is 4.39 Å². The monoisotopic (exact) mass is 231 g/mol. The number of halogens is 1. The Kier molecular flexibility index (Phi) is 3.40. The molecule has 0 N–H and O–H groups in total. The van der Waals surface area contributed by atoms with E-state index in [9.17, 15) is 4.39 Å². The van der Waals surface area contributed by atoms with Gasteiger partial charge in [-0.1, -0.05) is 12.8 Å². The first kappa shape index (κ1) is 11.2. The SMILES string of the molecule is CCC#CCn1nnc(-c2ccc(F)cn2)n1. The first-order valence-electron chi connectivity index (χ1n) is 5.15. The molecule has 0 atom stereocenters. The molecular weight excluding hydrogens is 221 g/mol. The van der Waals surface area contributed by atoms with Crippen LogP contribution in [-0.4, -0.2) is 25.2 Å². The van der Waals surface area contributed by atoms with E-state index in [0.717, 1.165) is 12.6 Å². The van der Waals surface area contributed by atoms with E-state index in [1.165, 1.54) is 16.9 Å². The van der Waals surface area contributed by atoms with Gasteiger partial charge in [0.2, 0.25) is 5.82 Å². The third kappa shape index (κ3) is 2.84. The van der Waals surface area contributed by atoms with Crippen molar-refractivity contribution < 1.29 is 4.39 Å². The maximum absolute atomic E-state index is 12.7. The van der Waals surface area contributed by atoms with E-state index in [1.807, 2.05) is 6.92 Å². The van der Waals surface area contributed by atoms with E-state index < -0.39 is 5.82 Å². The number of rotatable bonds is 2. The summed E-state index contributed by atoms with van der Waals surface area (Å²) in [7, 11) is 0. The lowest BCUT2D eigenvalue weighted by Gasteiger charge is -1.92. The van der Waals surface area contributed by atoms with Gasteiger partial charge in [0.25, 0.3) is 0 Å². The van der Waals surface area contributed by atoms with Crippen LogP contribution in [-0.2, 0) is 6.54 Å². The van der Waals surface area contributed by atoms with Gasteiger partial charge in [0, 0.05) is 6.42 Å². The Morgan fingerprint density at radius 2 is 2.24 bits per heavy atom. The van der Waals surface area contributed by atoms with Gasteiger partial charge in [-0.05, 0) is 17.3 Å². The average molecular weight is 231 g/mol. The molecule has 2 rings (SSSR count). The summed E-state index contributed by atoms with van der Waals surface area (Å²) in [5.74, 6) is 5.77. The molecule has 17 heavy (non-hydrogen) atoms. The number of aromatic nitrogens is 5. The van der Waals surface area contributed by atoms with Crippen molar-refractivity contribution in [1.82, 2.24) is 25.2 Å². The van der Waals surface area contributed by atoms with Gasteiger partial charge >= 0.3 is 0 Å². The Morgan fingerprint density at radius 3 is 2.94 bits per heavy atom. The summed E-state index contributed by atoms with van der Waals surface area (Å²) in [6.07, 6.45) is 1.91. The molecule has 86 valence electrons. The van der Waals surface area contributed by atoms with Crippen LogP contribution >= 0.6 is 0 Å². The van der Waals surface area contributed by atoms with Gasteiger partial charge in [-0.15, -0.1) is 16.1 Å². The van der Waals surface area contributed by atoms with Gasteiger partial charge in [0.15, 0.2) is 0 Å². The molecule has 0 saturated heterocycles. The van der Waals surface area contributed by atoms with Crippen LogP contribution in [0.5, 0.6) is 0 Å². The normalized spacial score (nSPS) is 9.76. The summed E-state index contributed by atoms with van der Waals surface area (Å²) in [5, 5.41) is 11.7. The fourth-order valence-electron chi connectivity index (χ4n) is 1.17. The molecule has 2 aromatic rings. The summed E-state index contributed by atoms with van der Waals surface area (Å²) >= 11 is 0. The Hall–Kier alpha value is -2.29. The highest BCUT2D eigenvalue weighted by Crippen LogP contribution is 2.09. The third-order valence-electron chi connectivity index (χ3n) is 1.93. The predicted molar refractivity (Wildman–Crippen MR) is 59.1 cm³/mol. The van der Waals surface area contributed by atoms with Crippen molar-refractivity contribution in [3.8, 4) is 23.4 Å². The molecule has 0 amide bonds. The van der Waals surface area contributed by atoms with Gasteiger partial charge in [0.1, 0.15) is 18.1 Å². The molecule has 0 aliphatic carbocycles. The smallest absolute Gasteiger partial charge is 0.223 e. The average Bonchev–Trinajstić information content (AvgIpc) is 2.79. The molecule has 0 spiro atoms. The topological polar surface area (TPSA) is 56.5 Å². The molecule has 0 bridgehead atoms. The number of nitrogens with zero attached hydrogens (tertiary/aromatic N) is 5. The Labute approximate surface area is 97.7 Å². The molecule has 2 aromatic heterocycles. The zero-order valence-corrected chi connectivity index (χ0v) is 9.26. The Morgan fingerprint density at radius 1 is 1.35 bits per heavy atom. The molecule has 6 heteroatoms.